The van der Waals surface area contributed by atoms with E-state index in [0.29, 0.717) is 11.3 Å². The Morgan fingerprint density at radius 2 is 2.21 bits per heavy atom. The highest BCUT2D eigenvalue weighted by Crippen LogP contribution is 2.25. The van der Waals surface area contributed by atoms with Gasteiger partial charge in [0.2, 0.25) is 0 Å². The maximum absolute atomic E-state index is 13.9. The molecule has 3 atom stereocenters. The number of ether oxygens (including phenoxy) is 1. The Morgan fingerprint density at radius 1 is 1.42 bits per heavy atom. The van der Waals surface area contributed by atoms with E-state index in [-0.39, 0.29) is 24.0 Å². The van der Waals surface area contributed by atoms with Crippen molar-refractivity contribution in [2.24, 2.45) is 0 Å². The van der Waals surface area contributed by atoms with Crippen LogP contribution >= 0.6 is 0 Å². The van der Waals surface area contributed by atoms with Gasteiger partial charge in [-0.15, -0.1) is 0 Å². The molecule has 1 aromatic rings. The van der Waals surface area contributed by atoms with Crippen molar-refractivity contribution >= 4 is 0 Å². The molecule has 0 amide bonds. The molecule has 3 nitrogen and oxygen atoms in total. The van der Waals surface area contributed by atoms with Crippen LogP contribution < -0.4 is 10.1 Å². The molecule has 1 aliphatic rings. The lowest BCUT2D eigenvalue weighted by Gasteiger charge is -2.29. The molecule has 2 rings (SSSR count). The summed E-state index contributed by atoms with van der Waals surface area (Å²) in [6, 6.07) is 5.13. The number of rotatable bonds is 4. The minimum absolute atomic E-state index is 0.0683. The fourth-order valence-electron chi connectivity index (χ4n) is 2.74. The summed E-state index contributed by atoms with van der Waals surface area (Å²) in [6.07, 6.45) is 3.47. The van der Waals surface area contributed by atoms with E-state index in [1.165, 1.54) is 13.2 Å². The number of hydrogen-bond acceptors (Lipinski definition) is 3. The summed E-state index contributed by atoms with van der Waals surface area (Å²) in [4.78, 5) is 0. The molecule has 0 saturated heterocycles. The molecule has 2 N–H and O–H groups in total. The summed E-state index contributed by atoms with van der Waals surface area (Å²) in [5.41, 5.74) is 0.640. The fourth-order valence-corrected chi connectivity index (χ4v) is 2.74. The van der Waals surface area contributed by atoms with Crippen LogP contribution in [0.1, 0.15) is 44.2 Å². The molecule has 0 aromatic heterocycles. The summed E-state index contributed by atoms with van der Waals surface area (Å²) in [5, 5.41) is 13.1. The topological polar surface area (TPSA) is 41.5 Å². The van der Waals surface area contributed by atoms with Crippen LogP contribution in [0.3, 0.4) is 0 Å². The largest absolute Gasteiger partial charge is 0.497 e. The van der Waals surface area contributed by atoms with Crippen molar-refractivity contribution < 1.29 is 14.2 Å². The van der Waals surface area contributed by atoms with Crippen LogP contribution in [0, 0.1) is 5.82 Å². The van der Waals surface area contributed by atoms with E-state index >= 15 is 0 Å². The van der Waals surface area contributed by atoms with E-state index in [1.807, 2.05) is 6.92 Å². The Kier molecular flexibility index (Phi) is 4.77. The molecule has 4 heteroatoms. The van der Waals surface area contributed by atoms with Crippen molar-refractivity contribution in [1.82, 2.24) is 5.32 Å². The van der Waals surface area contributed by atoms with Gasteiger partial charge < -0.3 is 15.2 Å². The van der Waals surface area contributed by atoms with Gasteiger partial charge in [0.05, 0.1) is 13.2 Å². The lowest BCUT2D eigenvalue weighted by atomic mass is 9.92. The third-order valence-electron chi connectivity index (χ3n) is 3.81. The van der Waals surface area contributed by atoms with Crippen LogP contribution in [0.2, 0.25) is 0 Å². The lowest BCUT2D eigenvalue weighted by molar-refractivity contribution is 0.109. The van der Waals surface area contributed by atoms with Crippen molar-refractivity contribution in [2.45, 2.75) is 50.8 Å². The molecular weight excluding hydrogens is 245 g/mol. The summed E-state index contributed by atoms with van der Waals surface area (Å²) < 4.78 is 18.9. The Hall–Kier alpha value is -1.13. The van der Waals surface area contributed by atoms with Crippen molar-refractivity contribution in [3.63, 3.8) is 0 Å². The first-order chi connectivity index (χ1) is 9.10. The van der Waals surface area contributed by atoms with E-state index in [1.54, 1.807) is 12.1 Å². The normalized spacial score (nSPS) is 25.1. The quantitative estimate of drug-likeness (QED) is 0.881. The van der Waals surface area contributed by atoms with Gasteiger partial charge in [-0.3, -0.25) is 0 Å². The van der Waals surface area contributed by atoms with E-state index in [9.17, 15) is 9.50 Å². The molecule has 0 spiro atoms. The Labute approximate surface area is 113 Å². The fraction of sp³-hybridized carbons (Fsp3) is 0.600. The second kappa shape index (κ2) is 6.35. The van der Waals surface area contributed by atoms with Crippen LogP contribution in [0.25, 0.3) is 0 Å². The number of benzene rings is 1. The van der Waals surface area contributed by atoms with Crippen molar-refractivity contribution in [1.29, 1.82) is 0 Å². The maximum Gasteiger partial charge on any atom is 0.131 e. The van der Waals surface area contributed by atoms with Gasteiger partial charge in [-0.25, -0.2) is 4.39 Å². The molecule has 1 aliphatic carbocycles. The van der Waals surface area contributed by atoms with Gasteiger partial charge in [-0.2, -0.15) is 0 Å². The molecule has 0 heterocycles. The maximum atomic E-state index is 13.9. The van der Waals surface area contributed by atoms with Gasteiger partial charge in [-0.1, -0.05) is 6.07 Å². The van der Waals surface area contributed by atoms with Gasteiger partial charge >= 0.3 is 0 Å². The predicted molar refractivity (Wildman–Crippen MR) is 72.8 cm³/mol. The average Bonchev–Trinajstić information content (AvgIpc) is 2.38. The van der Waals surface area contributed by atoms with Crippen LogP contribution in [0.5, 0.6) is 5.75 Å². The second-order valence-electron chi connectivity index (χ2n) is 5.29. The van der Waals surface area contributed by atoms with Gasteiger partial charge in [0.1, 0.15) is 11.6 Å². The van der Waals surface area contributed by atoms with Crippen molar-refractivity contribution in [3.05, 3.63) is 29.6 Å². The van der Waals surface area contributed by atoms with Crippen LogP contribution in [0.4, 0.5) is 4.39 Å². The Bertz CT molecular complexity index is 425. The first kappa shape index (κ1) is 14.3. The lowest BCUT2D eigenvalue weighted by Crippen LogP contribution is -2.37. The zero-order chi connectivity index (χ0) is 13.8. The van der Waals surface area contributed by atoms with Gasteiger partial charge in [0.15, 0.2) is 0 Å². The highest BCUT2D eigenvalue weighted by molar-refractivity contribution is 5.30. The molecule has 106 valence electrons. The Morgan fingerprint density at radius 3 is 2.84 bits per heavy atom. The molecule has 0 bridgehead atoms. The van der Waals surface area contributed by atoms with Crippen LogP contribution in [-0.2, 0) is 0 Å². The molecule has 0 radical (unpaired) electrons. The number of methoxy groups -OCH3 is 1. The monoisotopic (exact) mass is 267 g/mol. The summed E-state index contributed by atoms with van der Waals surface area (Å²) in [7, 11) is 1.53. The van der Waals surface area contributed by atoms with Gasteiger partial charge in [-0.05, 0) is 38.7 Å². The number of halogens is 1. The van der Waals surface area contributed by atoms with Gasteiger partial charge in [0.25, 0.3) is 0 Å². The highest BCUT2D eigenvalue weighted by Gasteiger charge is 2.22. The Balaban J connectivity index is 2.01. The first-order valence-corrected chi connectivity index (χ1v) is 6.87. The number of nitrogens with one attached hydrogen (secondary N) is 1. The second-order valence-corrected chi connectivity index (χ2v) is 5.29. The molecule has 3 unspecified atom stereocenters. The van der Waals surface area contributed by atoms with E-state index in [4.69, 9.17) is 4.74 Å². The molecule has 1 saturated carbocycles. The third kappa shape index (κ3) is 3.67. The van der Waals surface area contributed by atoms with E-state index < -0.39 is 0 Å². The zero-order valence-corrected chi connectivity index (χ0v) is 11.5. The SMILES string of the molecule is COc1ccc(C(C)NC2CCCC(O)C2)c(F)c1. The predicted octanol–water partition coefficient (Wildman–Crippen LogP) is 2.79. The number of aliphatic hydroxyl groups is 1. The smallest absolute Gasteiger partial charge is 0.131 e. The van der Waals surface area contributed by atoms with Crippen molar-refractivity contribution in [3.8, 4) is 5.75 Å². The van der Waals surface area contributed by atoms with Crippen LogP contribution in [-0.4, -0.2) is 24.4 Å². The molecule has 1 fully saturated rings. The standard InChI is InChI=1S/C15H22FNO2/c1-10(17-11-4-3-5-12(18)8-11)14-7-6-13(19-2)9-15(14)16/h6-7,9-12,17-18H,3-5,8H2,1-2H3. The highest BCUT2D eigenvalue weighted by atomic mass is 19.1. The number of aliphatic hydroxyl groups excluding tert-OH is 1. The third-order valence-corrected chi connectivity index (χ3v) is 3.81. The first-order valence-electron chi connectivity index (χ1n) is 6.87. The molecule has 19 heavy (non-hydrogen) atoms. The molecule has 1 aromatic carbocycles. The van der Waals surface area contributed by atoms with Crippen molar-refractivity contribution in [2.75, 3.05) is 7.11 Å². The van der Waals surface area contributed by atoms with E-state index in [2.05, 4.69) is 5.32 Å². The summed E-state index contributed by atoms with van der Waals surface area (Å²) in [6.45, 7) is 1.95. The summed E-state index contributed by atoms with van der Waals surface area (Å²) >= 11 is 0. The molecular formula is C15H22FNO2. The van der Waals surface area contributed by atoms with Crippen LogP contribution in [0.15, 0.2) is 18.2 Å². The minimum Gasteiger partial charge on any atom is -0.497 e. The minimum atomic E-state index is -0.254. The molecule has 0 aliphatic heterocycles. The average molecular weight is 267 g/mol. The van der Waals surface area contributed by atoms with Gasteiger partial charge in [0, 0.05) is 23.7 Å². The van der Waals surface area contributed by atoms with E-state index in [0.717, 1.165) is 25.7 Å². The summed E-state index contributed by atoms with van der Waals surface area (Å²) in [5.74, 6) is 0.275. The zero-order valence-electron chi connectivity index (χ0n) is 11.5. The number of hydrogen-bond donors (Lipinski definition) is 2.